The van der Waals surface area contributed by atoms with Crippen LogP contribution in [0.2, 0.25) is 0 Å². The molecule has 0 aliphatic carbocycles. The molecule has 8 nitrogen and oxygen atoms in total. The lowest BCUT2D eigenvalue weighted by atomic mass is 9.93. The van der Waals surface area contributed by atoms with Gasteiger partial charge in [-0.1, -0.05) is 39.7 Å². The zero-order valence-electron chi connectivity index (χ0n) is 25.7. The fourth-order valence-electron chi connectivity index (χ4n) is 5.15. The fraction of sp³-hybridized carbons (Fsp3) is 0.515. The summed E-state index contributed by atoms with van der Waals surface area (Å²) in [5.41, 5.74) is 1.95. The molecule has 1 saturated heterocycles. The average Bonchev–Trinajstić information content (AvgIpc) is 3.20. The van der Waals surface area contributed by atoms with Crippen molar-refractivity contribution in [1.82, 2.24) is 9.80 Å². The number of carbonyl (C=O) groups excluding carboxylic acids is 2. The first-order valence-corrected chi connectivity index (χ1v) is 14.8. The molecule has 8 heteroatoms. The van der Waals surface area contributed by atoms with Gasteiger partial charge in [0.25, 0.3) is 11.7 Å². The SMILES string of the molecule is CCCCCOc1ccc(C2C(=C(O)c3ccc(OC(C)C)cc3C)C(=O)C(=O)N2CCN(CC)CC)cc1OC. The monoisotopic (exact) mass is 566 g/mol. The van der Waals surface area contributed by atoms with E-state index in [9.17, 15) is 14.7 Å². The lowest BCUT2D eigenvalue weighted by Gasteiger charge is -2.28. The van der Waals surface area contributed by atoms with E-state index in [1.165, 1.54) is 0 Å². The number of hydrogen-bond acceptors (Lipinski definition) is 7. The van der Waals surface area contributed by atoms with Crippen LogP contribution in [0.25, 0.3) is 5.76 Å². The van der Waals surface area contributed by atoms with Gasteiger partial charge in [0.15, 0.2) is 11.5 Å². The number of aliphatic hydroxyl groups is 1. The van der Waals surface area contributed by atoms with Crippen molar-refractivity contribution in [2.24, 2.45) is 0 Å². The Labute approximate surface area is 244 Å². The number of amides is 1. The Morgan fingerprint density at radius 1 is 1.02 bits per heavy atom. The van der Waals surface area contributed by atoms with Crippen molar-refractivity contribution in [3.63, 3.8) is 0 Å². The van der Waals surface area contributed by atoms with E-state index in [0.717, 1.165) is 37.9 Å². The predicted octanol–water partition coefficient (Wildman–Crippen LogP) is 6.12. The Balaban J connectivity index is 2.10. The summed E-state index contributed by atoms with van der Waals surface area (Å²) in [7, 11) is 1.57. The van der Waals surface area contributed by atoms with Crippen molar-refractivity contribution in [3.05, 3.63) is 58.7 Å². The second kappa shape index (κ2) is 14.9. The maximum Gasteiger partial charge on any atom is 0.295 e. The number of likely N-dealkylation sites (N-methyl/N-ethyl adjacent to an activating group) is 1. The highest BCUT2D eigenvalue weighted by Gasteiger charge is 2.46. The van der Waals surface area contributed by atoms with Gasteiger partial charge in [-0.15, -0.1) is 0 Å². The fourth-order valence-corrected chi connectivity index (χ4v) is 5.15. The summed E-state index contributed by atoms with van der Waals surface area (Å²) in [6, 6.07) is 10.0. The quantitative estimate of drug-likeness (QED) is 0.120. The van der Waals surface area contributed by atoms with Crippen LogP contribution in [0.1, 0.15) is 76.6 Å². The van der Waals surface area contributed by atoms with Crippen molar-refractivity contribution < 1.29 is 28.9 Å². The van der Waals surface area contributed by atoms with Gasteiger partial charge in [-0.25, -0.2) is 0 Å². The van der Waals surface area contributed by atoms with Crippen LogP contribution in [0, 0.1) is 6.92 Å². The number of aryl methyl sites for hydroxylation is 1. The number of hydrogen-bond donors (Lipinski definition) is 1. The third kappa shape index (κ3) is 7.61. The highest BCUT2D eigenvalue weighted by Crippen LogP contribution is 2.42. The number of rotatable bonds is 15. The molecule has 224 valence electrons. The second-order valence-electron chi connectivity index (χ2n) is 10.6. The minimum Gasteiger partial charge on any atom is -0.507 e. The first kappa shape index (κ1) is 32.0. The molecule has 1 N–H and O–H groups in total. The van der Waals surface area contributed by atoms with Gasteiger partial charge in [-0.05, 0) is 81.7 Å². The summed E-state index contributed by atoms with van der Waals surface area (Å²) >= 11 is 0. The van der Waals surface area contributed by atoms with Gasteiger partial charge in [0.1, 0.15) is 11.5 Å². The molecule has 0 spiro atoms. The Morgan fingerprint density at radius 2 is 1.76 bits per heavy atom. The van der Waals surface area contributed by atoms with Gasteiger partial charge < -0.3 is 29.1 Å². The number of ketones is 1. The van der Waals surface area contributed by atoms with E-state index in [4.69, 9.17) is 14.2 Å². The Hall–Kier alpha value is -3.52. The van der Waals surface area contributed by atoms with Crippen LogP contribution >= 0.6 is 0 Å². The third-order valence-electron chi connectivity index (χ3n) is 7.43. The smallest absolute Gasteiger partial charge is 0.295 e. The minimum atomic E-state index is -0.778. The Morgan fingerprint density at radius 3 is 2.37 bits per heavy atom. The molecule has 0 radical (unpaired) electrons. The van der Waals surface area contributed by atoms with Crippen LogP contribution in [0.4, 0.5) is 0 Å². The molecule has 0 aromatic heterocycles. The molecule has 1 aliphatic rings. The molecule has 2 aromatic carbocycles. The van der Waals surface area contributed by atoms with Crippen LogP contribution in [0.15, 0.2) is 42.0 Å². The van der Waals surface area contributed by atoms with Gasteiger partial charge >= 0.3 is 0 Å². The lowest BCUT2D eigenvalue weighted by Crippen LogP contribution is -2.38. The van der Waals surface area contributed by atoms with Crippen molar-refractivity contribution >= 4 is 17.4 Å². The van der Waals surface area contributed by atoms with Crippen LogP contribution in [0.3, 0.4) is 0 Å². The van der Waals surface area contributed by atoms with Gasteiger partial charge in [0.05, 0.1) is 31.4 Å². The number of carbonyl (C=O) groups is 2. The normalized spacial score (nSPS) is 16.6. The molecule has 0 bridgehead atoms. The molecular weight excluding hydrogens is 520 g/mol. The molecule has 1 fully saturated rings. The number of aliphatic hydroxyl groups excluding tert-OH is 1. The maximum absolute atomic E-state index is 13.5. The Bertz CT molecular complexity index is 1230. The third-order valence-corrected chi connectivity index (χ3v) is 7.43. The first-order valence-electron chi connectivity index (χ1n) is 14.8. The molecule has 1 unspecified atom stereocenters. The number of methoxy groups -OCH3 is 1. The summed E-state index contributed by atoms with van der Waals surface area (Å²) in [5.74, 6) is 0.257. The van der Waals surface area contributed by atoms with Crippen molar-refractivity contribution in [2.45, 2.75) is 73.0 Å². The Kier molecular flexibility index (Phi) is 11.6. The van der Waals surface area contributed by atoms with E-state index in [-0.39, 0.29) is 17.4 Å². The van der Waals surface area contributed by atoms with Gasteiger partial charge in [-0.3, -0.25) is 9.59 Å². The first-order chi connectivity index (χ1) is 19.7. The number of ether oxygens (including phenoxy) is 3. The highest BCUT2D eigenvalue weighted by molar-refractivity contribution is 6.46. The standard InChI is InChI=1S/C33H46N2O6/c1-8-11-12-19-40-27-16-13-24(21-28(27)39-7)30-29(32(37)33(38)35(30)18-17-34(9-2)10-3)31(36)26-15-14-25(20-23(26)6)41-22(4)5/h13-16,20-22,30,36H,8-12,17-19H2,1-7H3. The summed E-state index contributed by atoms with van der Waals surface area (Å²) in [5, 5.41) is 11.6. The van der Waals surface area contributed by atoms with Gasteiger partial charge in [0, 0.05) is 18.7 Å². The van der Waals surface area contributed by atoms with Crippen molar-refractivity contribution in [1.29, 1.82) is 0 Å². The number of benzene rings is 2. The van der Waals surface area contributed by atoms with Gasteiger partial charge in [-0.2, -0.15) is 0 Å². The minimum absolute atomic E-state index is 0.00134. The molecule has 41 heavy (non-hydrogen) atoms. The predicted molar refractivity (Wildman–Crippen MR) is 162 cm³/mol. The zero-order chi connectivity index (χ0) is 30.1. The molecule has 1 aliphatic heterocycles. The summed E-state index contributed by atoms with van der Waals surface area (Å²) in [4.78, 5) is 30.7. The molecule has 1 heterocycles. The molecule has 2 aromatic rings. The van der Waals surface area contributed by atoms with Crippen molar-refractivity contribution in [2.75, 3.05) is 39.9 Å². The molecule has 1 atom stereocenters. The summed E-state index contributed by atoms with van der Waals surface area (Å²) in [6.07, 6.45) is 3.11. The molecule has 3 rings (SSSR count). The lowest BCUT2D eigenvalue weighted by molar-refractivity contribution is -0.140. The van der Waals surface area contributed by atoms with Gasteiger partial charge in [0.2, 0.25) is 0 Å². The number of Topliss-reactive ketones (excluding diaryl/α,β-unsaturated/α-hetero) is 1. The molecule has 1 amide bonds. The van der Waals surface area contributed by atoms with Crippen LogP contribution in [0.5, 0.6) is 17.2 Å². The number of unbranched alkanes of at least 4 members (excludes halogenated alkanes) is 2. The van der Waals surface area contributed by atoms with E-state index in [0.29, 0.717) is 48.1 Å². The van der Waals surface area contributed by atoms with Crippen LogP contribution < -0.4 is 14.2 Å². The van der Waals surface area contributed by atoms with Crippen molar-refractivity contribution in [3.8, 4) is 17.2 Å². The van der Waals surface area contributed by atoms with E-state index < -0.39 is 17.7 Å². The summed E-state index contributed by atoms with van der Waals surface area (Å²) < 4.78 is 17.4. The topological polar surface area (TPSA) is 88.5 Å². The number of likely N-dealkylation sites (tertiary alicyclic amines) is 1. The highest BCUT2D eigenvalue weighted by atomic mass is 16.5. The second-order valence-corrected chi connectivity index (χ2v) is 10.6. The van der Waals surface area contributed by atoms with E-state index in [2.05, 4.69) is 25.7 Å². The summed E-state index contributed by atoms with van der Waals surface area (Å²) in [6.45, 7) is 15.2. The zero-order valence-corrected chi connectivity index (χ0v) is 25.7. The molecular formula is C33H46N2O6. The van der Waals surface area contributed by atoms with Crippen LogP contribution in [-0.4, -0.2) is 72.6 Å². The van der Waals surface area contributed by atoms with E-state index >= 15 is 0 Å². The number of nitrogens with zero attached hydrogens (tertiary/aromatic N) is 2. The van der Waals surface area contributed by atoms with E-state index in [1.54, 1.807) is 30.2 Å². The van der Waals surface area contributed by atoms with E-state index in [1.807, 2.05) is 39.0 Å². The largest absolute Gasteiger partial charge is 0.507 e. The maximum atomic E-state index is 13.5. The van der Waals surface area contributed by atoms with Crippen LogP contribution in [-0.2, 0) is 9.59 Å². The molecule has 0 saturated carbocycles. The average molecular weight is 567 g/mol.